The standard InChI is InChI=1S/C12H24N2O3/c1-8(2)11(13)12(17)14-7-6-9(3)4-5-10(15)16/h8-9,11H,4-7,13H2,1-3H3,(H,14,17)(H,15,16)/t9?,11-/m0/s1. The molecule has 0 aliphatic carbocycles. The number of carboxylic acid groups (broad SMARTS) is 1. The monoisotopic (exact) mass is 244 g/mol. The van der Waals surface area contributed by atoms with Crippen molar-refractivity contribution in [2.45, 2.75) is 46.1 Å². The van der Waals surface area contributed by atoms with Crippen molar-refractivity contribution in [1.29, 1.82) is 0 Å². The summed E-state index contributed by atoms with van der Waals surface area (Å²) in [5.74, 6) is -0.491. The number of aliphatic carboxylic acids is 1. The van der Waals surface area contributed by atoms with E-state index in [1.165, 1.54) is 0 Å². The highest BCUT2D eigenvalue weighted by atomic mass is 16.4. The van der Waals surface area contributed by atoms with Gasteiger partial charge in [-0.15, -0.1) is 0 Å². The van der Waals surface area contributed by atoms with Crippen molar-refractivity contribution in [1.82, 2.24) is 5.32 Å². The van der Waals surface area contributed by atoms with E-state index in [0.29, 0.717) is 18.9 Å². The van der Waals surface area contributed by atoms with Crippen molar-refractivity contribution < 1.29 is 14.7 Å². The summed E-state index contributed by atoms with van der Waals surface area (Å²) in [5.41, 5.74) is 5.69. The zero-order valence-corrected chi connectivity index (χ0v) is 10.9. The molecule has 5 nitrogen and oxygen atoms in total. The summed E-state index contributed by atoms with van der Waals surface area (Å²) in [6.07, 6.45) is 1.60. The molecule has 0 spiro atoms. The summed E-state index contributed by atoms with van der Waals surface area (Å²) in [5, 5.41) is 11.3. The van der Waals surface area contributed by atoms with Gasteiger partial charge in [-0.25, -0.2) is 0 Å². The van der Waals surface area contributed by atoms with Gasteiger partial charge < -0.3 is 16.2 Å². The average molecular weight is 244 g/mol. The molecule has 0 bridgehead atoms. The van der Waals surface area contributed by atoms with Gasteiger partial charge in [-0.2, -0.15) is 0 Å². The summed E-state index contributed by atoms with van der Waals surface area (Å²) in [6.45, 7) is 6.34. The molecule has 100 valence electrons. The number of carbonyl (C=O) groups is 2. The van der Waals surface area contributed by atoms with E-state index in [-0.39, 0.29) is 18.2 Å². The van der Waals surface area contributed by atoms with Crippen LogP contribution in [0.1, 0.15) is 40.0 Å². The van der Waals surface area contributed by atoms with E-state index >= 15 is 0 Å². The molecule has 0 radical (unpaired) electrons. The number of carbonyl (C=O) groups excluding carboxylic acids is 1. The molecular formula is C12H24N2O3. The number of hydrogen-bond donors (Lipinski definition) is 3. The van der Waals surface area contributed by atoms with E-state index in [4.69, 9.17) is 10.8 Å². The molecule has 1 unspecified atom stereocenters. The van der Waals surface area contributed by atoms with Crippen molar-refractivity contribution in [3.8, 4) is 0 Å². The second-order valence-corrected chi connectivity index (χ2v) is 4.89. The predicted molar refractivity (Wildman–Crippen MR) is 66.5 cm³/mol. The minimum absolute atomic E-state index is 0.124. The van der Waals surface area contributed by atoms with Crippen LogP contribution < -0.4 is 11.1 Å². The van der Waals surface area contributed by atoms with Crippen molar-refractivity contribution in [3.05, 3.63) is 0 Å². The normalized spacial score (nSPS) is 14.4. The fraction of sp³-hybridized carbons (Fsp3) is 0.833. The topological polar surface area (TPSA) is 92.4 Å². The molecule has 5 heteroatoms. The third-order valence-electron chi connectivity index (χ3n) is 2.81. The van der Waals surface area contributed by atoms with E-state index in [1.54, 1.807) is 0 Å². The number of carboxylic acids is 1. The zero-order chi connectivity index (χ0) is 13.4. The maximum atomic E-state index is 11.5. The first kappa shape index (κ1) is 15.9. The van der Waals surface area contributed by atoms with Gasteiger partial charge in [0.15, 0.2) is 0 Å². The maximum Gasteiger partial charge on any atom is 0.303 e. The first-order valence-corrected chi connectivity index (χ1v) is 6.09. The zero-order valence-electron chi connectivity index (χ0n) is 10.9. The van der Waals surface area contributed by atoms with Crippen LogP contribution in [0.4, 0.5) is 0 Å². The second kappa shape index (κ2) is 8.06. The fourth-order valence-corrected chi connectivity index (χ4v) is 1.38. The highest BCUT2D eigenvalue weighted by molar-refractivity contribution is 5.81. The summed E-state index contributed by atoms with van der Waals surface area (Å²) >= 11 is 0. The van der Waals surface area contributed by atoms with Crippen LogP contribution in [-0.4, -0.2) is 29.6 Å². The third kappa shape index (κ3) is 7.74. The Morgan fingerprint density at radius 1 is 1.24 bits per heavy atom. The lowest BCUT2D eigenvalue weighted by Gasteiger charge is -2.16. The van der Waals surface area contributed by atoms with Crippen molar-refractivity contribution >= 4 is 11.9 Å². The quantitative estimate of drug-likeness (QED) is 0.593. The van der Waals surface area contributed by atoms with E-state index in [1.807, 2.05) is 20.8 Å². The number of nitrogens with two attached hydrogens (primary N) is 1. The highest BCUT2D eigenvalue weighted by Crippen LogP contribution is 2.09. The minimum Gasteiger partial charge on any atom is -0.481 e. The van der Waals surface area contributed by atoms with Gasteiger partial charge in [0.05, 0.1) is 6.04 Å². The molecule has 0 aliphatic heterocycles. The van der Waals surface area contributed by atoms with Crippen LogP contribution in [0.3, 0.4) is 0 Å². The average Bonchev–Trinajstić information content (AvgIpc) is 2.24. The molecule has 0 fully saturated rings. The van der Waals surface area contributed by atoms with Gasteiger partial charge in [0.25, 0.3) is 0 Å². The number of rotatable bonds is 8. The molecule has 0 aliphatic rings. The van der Waals surface area contributed by atoms with Crippen molar-refractivity contribution in [2.24, 2.45) is 17.6 Å². The first-order chi connectivity index (χ1) is 7.84. The van der Waals surface area contributed by atoms with E-state index in [9.17, 15) is 9.59 Å². The molecule has 0 rings (SSSR count). The van der Waals surface area contributed by atoms with Gasteiger partial charge in [-0.3, -0.25) is 9.59 Å². The Morgan fingerprint density at radius 2 is 1.82 bits per heavy atom. The predicted octanol–water partition coefficient (Wildman–Crippen LogP) is 0.977. The lowest BCUT2D eigenvalue weighted by Crippen LogP contribution is -2.44. The minimum atomic E-state index is -0.775. The van der Waals surface area contributed by atoms with Gasteiger partial charge in [0.1, 0.15) is 0 Å². The van der Waals surface area contributed by atoms with Crippen molar-refractivity contribution in [2.75, 3.05) is 6.54 Å². The van der Waals surface area contributed by atoms with Crippen LogP contribution >= 0.6 is 0 Å². The van der Waals surface area contributed by atoms with Crippen LogP contribution in [0.2, 0.25) is 0 Å². The third-order valence-corrected chi connectivity index (χ3v) is 2.81. The van der Waals surface area contributed by atoms with Crippen LogP contribution in [0.15, 0.2) is 0 Å². The van der Waals surface area contributed by atoms with Crippen LogP contribution in [0.5, 0.6) is 0 Å². The Bertz CT molecular complexity index is 254. The summed E-state index contributed by atoms with van der Waals surface area (Å²) in [7, 11) is 0. The van der Waals surface area contributed by atoms with Gasteiger partial charge >= 0.3 is 5.97 Å². The van der Waals surface area contributed by atoms with Gasteiger partial charge in [0, 0.05) is 13.0 Å². The molecule has 0 aromatic carbocycles. The SMILES string of the molecule is CC(CCNC(=O)[C@@H](N)C(C)C)CCC(=O)O. The summed E-state index contributed by atoms with van der Waals surface area (Å²) in [4.78, 5) is 21.9. The Morgan fingerprint density at radius 3 is 2.29 bits per heavy atom. The Labute approximate surface area is 103 Å². The van der Waals surface area contributed by atoms with E-state index in [0.717, 1.165) is 6.42 Å². The Hall–Kier alpha value is -1.10. The van der Waals surface area contributed by atoms with Crippen LogP contribution in [0, 0.1) is 11.8 Å². The highest BCUT2D eigenvalue weighted by Gasteiger charge is 2.16. The number of amides is 1. The lowest BCUT2D eigenvalue weighted by molar-refractivity contribution is -0.137. The summed E-state index contributed by atoms with van der Waals surface area (Å²) in [6, 6.07) is -0.468. The van der Waals surface area contributed by atoms with Crippen LogP contribution in [-0.2, 0) is 9.59 Å². The molecule has 17 heavy (non-hydrogen) atoms. The fourth-order valence-electron chi connectivity index (χ4n) is 1.38. The molecular weight excluding hydrogens is 220 g/mol. The van der Waals surface area contributed by atoms with Gasteiger partial charge in [-0.1, -0.05) is 20.8 Å². The number of nitrogens with one attached hydrogen (secondary N) is 1. The molecule has 0 heterocycles. The Balaban J connectivity index is 3.69. The Kier molecular flexibility index (Phi) is 7.54. The molecule has 0 aromatic rings. The smallest absolute Gasteiger partial charge is 0.303 e. The van der Waals surface area contributed by atoms with Crippen LogP contribution in [0.25, 0.3) is 0 Å². The van der Waals surface area contributed by atoms with Gasteiger partial charge in [-0.05, 0) is 24.7 Å². The van der Waals surface area contributed by atoms with E-state index < -0.39 is 12.0 Å². The van der Waals surface area contributed by atoms with Crippen molar-refractivity contribution in [3.63, 3.8) is 0 Å². The molecule has 0 saturated heterocycles. The van der Waals surface area contributed by atoms with E-state index in [2.05, 4.69) is 5.32 Å². The number of hydrogen-bond acceptors (Lipinski definition) is 3. The maximum absolute atomic E-state index is 11.5. The van der Waals surface area contributed by atoms with Gasteiger partial charge in [0.2, 0.25) is 5.91 Å². The molecule has 1 amide bonds. The first-order valence-electron chi connectivity index (χ1n) is 6.09. The summed E-state index contributed by atoms with van der Waals surface area (Å²) < 4.78 is 0. The largest absolute Gasteiger partial charge is 0.481 e. The lowest BCUT2D eigenvalue weighted by atomic mass is 10.0. The second-order valence-electron chi connectivity index (χ2n) is 4.89. The molecule has 0 saturated carbocycles. The molecule has 2 atom stereocenters. The molecule has 0 aromatic heterocycles. The molecule has 4 N–H and O–H groups in total.